The molecule has 0 saturated heterocycles. The summed E-state index contributed by atoms with van der Waals surface area (Å²) in [5, 5.41) is 18.5. The number of carbonyl (C=O) groups is 1. The normalized spacial score (nSPS) is 12.2. The van der Waals surface area contributed by atoms with Gasteiger partial charge in [-0.15, -0.1) is 0 Å². The van der Waals surface area contributed by atoms with Crippen LogP contribution < -0.4 is 14.8 Å². The van der Waals surface area contributed by atoms with Gasteiger partial charge in [0.2, 0.25) is 15.9 Å². The van der Waals surface area contributed by atoms with Gasteiger partial charge in [0, 0.05) is 37.4 Å². The highest BCUT2D eigenvalue weighted by molar-refractivity contribution is 7.89. The number of rotatable bonds is 12. The zero-order chi connectivity index (χ0) is 28.0. The Morgan fingerprint density at radius 1 is 1.24 bits per heavy atom. The third kappa shape index (κ3) is 6.51. The lowest BCUT2D eigenvalue weighted by molar-refractivity contribution is -0.385. The van der Waals surface area contributed by atoms with Crippen molar-refractivity contribution in [2.24, 2.45) is 0 Å². The summed E-state index contributed by atoms with van der Waals surface area (Å²) in [6, 6.07) is 8.15. The summed E-state index contributed by atoms with van der Waals surface area (Å²) >= 11 is 0. The predicted molar refractivity (Wildman–Crippen MR) is 136 cm³/mol. The molecule has 12 nitrogen and oxygen atoms in total. The first-order valence-corrected chi connectivity index (χ1v) is 13.1. The maximum absolute atomic E-state index is 13.6. The quantitative estimate of drug-likeness (QED) is 0.198. The van der Waals surface area contributed by atoms with Crippen molar-refractivity contribution in [3.05, 3.63) is 69.7 Å². The smallest absolute Gasteiger partial charge is 0.272 e. The van der Waals surface area contributed by atoms with Gasteiger partial charge in [0.15, 0.2) is 5.69 Å². The molecule has 0 aliphatic carbocycles. The fourth-order valence-electron chi connectivity index (χ4n) is 3.33. The molecular formula is C24H28FN5O7S. The van der Waals surface area contributed by atoms with Crippen molar-refractivity contribution < 1.29 is 32.0 Å². The summed E-state index contributed by atoms with van der Waals surface area (Å²) in [4.78, 5) is 23.1. The molecule has 14 heteroatoms. The number of hydrogen-bond donors (Lipinski definition) is 2. The van der Waals surface area contributed by atoms with E-state index >= 15 is 0 Å². The van der Waals surface area contributed by atoms with E-state index in [9.17, 15) is 27.7 Å². The number of nitrogens with zero attached hydrogens (tertiary/aromatic N) is 3. The molecule has 1 atom stereocenters. The Labute approximate surface area is 219 Å². The first-order valence-electron chi connectivity index (χ1n) is 11.6. The van der Waals surface area contributed by atoms with Gasteiger partial charge in [0.25, 0.3) is 11.6 Å². The van der Waals surface area contributed by atoms with Crippen LogP contribution in [0.2, 0.25) is 0 Å². The number of carbonyl (C=O) groups excluding carboxylic acids is 1. The molecule has 3 aromatic rings. The van der Waals surface area contributed by atoms with Gasteiger partial charge in [-0.3, -0.25) is 14.9 Å². The minimum Gasteiger partial charge on any atom is -0.437 e. The zero-order valence-corrected chi connectivity index (χ0v) is 22.0. The molecule has 1 aromatic heterocycles. The van der Waals surface area contributed by atoms with Crippen molar-refractivity contribution in [2.75, 3.05) is 20.3 Å². The van der Waals surface area contributed by atoms with Gasteiger partial charge in [-0.05, 0) is 50.6 Å². The number of halogens is 1. The fourth-order valence-corrected chi connectivity index (χ4v) is 4.49. The van der Waals surface area contributed by atoms with Crippen LogP contribution in [0.15, 0.2) is 47.4 Å². The number of sulfonamides is 1. The Bertz CT molecular complexity index is 1420. The van der Waals surface area contributed by atoms with Gasteiger partial charge < -0.3 is 14.8 Å². The third-order valence-electron chi connectivity index (χ3n) is 5.58. The summed E-state index contributed by atoms with van der Waals surface area (Å²) < 4.78 is 54.1. The summed E-state index contributed by atoms with van der Waals surface area (Å²) in [6.07, 6.45) is 0.674. The second-order valence-corrected chi connectivity index (χ2v) is 10.1. The maximum atomic E-state index is 13.6. The first-order chi connectivity index (χ1) is 18.0. The molecule has 0 bridgehead atoms. The molecule has 38 heavy (non-hydrogen) atoms. The molecule has 1 amide bonds. The lowest BCUT2D eigenvalue weighted by Gasteiger charge is -2.14. The van der Waals surface area contributed by atoms with E-state index in [1.807, 2.05) is 13.8 Å². The number of hydrogen-bond acceptors (Lipinski definition) is 8. The number of nitro groups is 1. The van der Waals surface area contributed by atoms with Crippen LogP contribution in [-0.4, -0.2) is 55.3 Å². The van der Waals surface area contributed by atoms with E-state index in [1.165, 1.54) is 36.1 Å². The largest absolute Gasteiger partial charge is 0.437 e. The van der Waals surface area contributed by atoms with Gasteiger partial charge in [0.1, 0.15) is 16.5 Å². The van der Waals surface area contributed by atoms with E-state index in [0.717, 1.165) is 18.2 Å². The lowest BCUT2D eigenvalue weighted by Crippen LogP contribution is -2.32. The molecule has 0 aliphatic rings. The van der Waals surface area contributed by atoms with Crippen LogP contribution in [-0.2, 0) is 14.8 Å². The Balaban J connectivity index is 2.16. The molecule has 3 rings (SSSR count). The van der Waals surface area contributed by atoms with Gasteiger partial charge in [-0.1, -0.05) is 6.92 Å². The summed E-state index contributed by atoms with van der Waals surface area (Å²) in [5.74, 6) is -1.27. The summed E-state index contributed by atoms with van der Waals surface area (Å²) in [5.41, 5.74) is 0.136. The molecule has 0 aliphatic heterocycles. The molecule has 0 spiro atoms. The lowest BCUT2D eigenvalue weighted by atomic mass is 10.2. The van der Waals surface area contributed by atoms with Crippen molar-refractivity contribution in [3.63, 3.8) is 0 Å². The Kier molecular flexibility index (Phi) is 9.14. The number of aromatic nitrogens is 2. The number of ether oxygens (including phenoxy) is 2. The van der Waals surface area contributed by atoms with Crippen LogP contribution in [0.4, 0.5) is 10.1 Å². The van der Waals surface area contributed by atoms with E-state index < -0.39 is 37.3 Å². The molecule has 0 saturated carbocycles. The number of methoxy groups -OCH3 is 1. The van der Waals surface area contributed by atoms with Crippen LogP contribution in [0.25, 0.3) is 5.69 Å². The van der Waals surface area contributed by atoms with Gasteiger partial charge >= 0.3 is 0 Å². The standard InChI is InChI=1S/C24H28FN5O7S/c1-5-15(2)27-23(31)22-16(3)24(29(28-22)18-8-6-17(25)7-9-18)37-20-11-10-19(30(32)33)14-21(20)38(34,35)26-12-13-36-4/h6-11,14-15,26H,5,12-13H2,1-4H3,(H,27,31)/t15-/m0/s1. The van der Waals surface area contributed by atoms with Gasteiger partial charge in [0.05, 0.1) is 17.2 Å². The minimum atomic E-state index is -4.28. The zero-order valence-electron chi connectivity index (χ0n) is 21.2. The topological polar surface area (TPSA) is 155 Å². The van der Waals surface area contributed by atoms with Crippen molar-refractivity contribution >= 4 is 21.6 Å². The molecule has 0 fully saturated rings. The monoisotopic (exact) mass is 549 g/mol. The van der Waals surface area contributed by atoms with E-state index in [1.54, 1.807) is 6.92 Å². The van der Waals surface area contributed by atoms with E-state index in [0.29, 0.717) is 12.1 Å². The number of nitrogens with one attached hydrogen (secondary N) is 2. The molecule has 1 heterocycles. The first kappa shape index (κ1) is 28.7. The molecule has 0 unspecified atom stereocenters. The highest BCUT2D eigenvalue weighted by Gasteiger charge is 2.28. The predicted octanol–water partition coefficient (Wildman–Crippen LogP) is 3.47. The second-order valence-electron chi connectivity index (χ2n) is 8.33. The van der Waals surface area contributed by atoms with E-state index in [4.69, 9.17) is 9.47 Å². The van der Waals surface area contributed by atoms with Crippen LogP contribution in [0, 0.1) is 22.9 Å². The van der Waals surface area contributed by atoms with Crippen LogP contribution in [0.1, 0.15) is 36.3 Å². The van der Waals surface area contributed by atoms with E-state index in [-0.39, 0.29) is 42.1 Å². The molecule has 2 aromatic carbocycles. The van der Waals surface area contributed by atoms with Crippen LogP contribution in [0.5, 0.6) is 11.6 Å². The fraction of sp³-hybridized carbons (Fsp3) is 0.333. The van der Waals surface area contributed by atoms with Crippen molar-refractivity contribution in [1.82, 2.24) is 19.8 Å². The molecule has 2 N–H and O–H groups in total. The van der Waals surface area contributed by atoms with Crippen LogP contribution >= 0.6 is 0 Å². The summed E-state index contributed by atoms with van der Waals surface area (Å²) in [6.45, 7) is 5.26. The number of benzene rings is 2. The molecule has 0 radical (unpaired) electrons. The average Bonchev–Trinajstić information content (AvgIpc) is 3.20. The Morgan fingerprint density at radius 2 is 1.92 bits per heavy atom. The van der Waals surface area contributed by atoms with Gasteiger partial charge in [-0.2, -0.15) is 9.78 Å². The number of amides is 1. The Morgan fingerprint density at radius 3 is 2.53 bits per heavy atom. The SMILES string of the molecule is CC[C@H](C)NC(=O)c1nn(-c2ccc(F)cc2)c(Oc2ccc([N+](=O)[O-])cc2S(=O)(=O)NCCOC)c1C. The number of nitro benzene ring substituents is 1. The molecular weight excluding hydrogens is 521 g/mol. The van der Waals surface area contributed by atoms with Crippen molar-refractivity contribution in [3.8, 4) is 17.3 Å². The average molecular weight is 550 g/mol. The maximum Gasteiger partial charge on any atom is 0.272 e. The highest BCUT2D eigenvalue weighted by atomic mass is 32.2. The van der Waals surface area contributed by atoms with Crippen LogP contribution in [0.3, 0.4) is 0 Å². The second kappa shape index (κ2) is 12.1. The van der Waals surface area contributed by atoms with Crippen molar-refractivity contribution in [1.29, 1.82) is 0 Å². The van der Waals surface area contributed by atoms with Crippen molar-refractivity contribution in [2.45, 2.75) is 38.1 Å². The molecule has 204 valence electrons. The third-order valence-corrected chi connectivity index (χ3v) is 7.06. The number of non-ortho nitro benzene ring substituents is 1. The summed E-state index contributed by atoms with van der Waals surface area (Å²) in [7, 11) is -2.89. The van der Waals surface area contributed by atoms with Gasteiger partial charge in [-0.25, -0.2) is 17.5 Å². The van der Waals surface area contributed by atoms with E-state index in [2.05, 4.69) is 15.1 Å². The Hall–Kier alpha value is -3.88. The highest BCUT2D eigenvalue weighted by Crippen LogP contribution is 2.35. The minimum absolute atomic E-state index is 0.00848.